The van der Waals surface area contributed by atoms with Gasteiger partial charge in [-0.3, -0.25) is 14.6 Å². The lowest BCUT2D eigenvalue weighted by atomic mass is 9.40. The predicted molar refractivity (Wildman–Crippen MR) is 122 cm³/mol. The van der Waals surface area contributed by atoms with E-state index in [2.05, 4.69) is 29.4 Å². The third kappa shape index (κ3) is 2.97. The lowest BCUT2D eigenvalue weighted by Crippen LogP contribution is -2.58. The van der Waals surface area contributed by atoms with Gasteiger partial charge in [-0.2, -0.15) is 5.10 Å². The quantitative estimate of drug-likeness (QED) is 0.647. The molecule has 0 radical (unpaired) electrons. The summed E-state index contributed by atoms with van der Waals surface area (Å²) in [7, 11) is 0. The number of aliphatic carboxylic acids is 1. The van der Waals surface area contributed by atoms with Gasteiger partial charge in [0.15, 0.2) is 0 Å². The third-order valence-corrected chi connectivity index (χ3v) is 10.1. The maximum Gasteiger partial charge on any atom is 0.309 e. The van der Waals surface area contributed by atoms with Crippen molar-refractivity contribution in [3.8, 4) is 0 Å². The molecule has 0 aliphatic heterocycles. The van der Waals surface area contributed by atoms with Crippen molar-refractivity contribution in [3.63, 3.8) is 0 Å². The van der Waals surface area contributed by atoms with Crippen LogP contribution in [0.15, 0.2) is 29.6 Å². The summed E-state index contributed by atoms with van der Waals surface area (Å²) in [6.07, 6.45) is 12.5. The molecule has 1 spiro atoms. The average molecular weight is 438 g/mol. The second-order valence-corrected chi connectivity index (χ2v) is 11.8. The van der Waals surface area contributed by atoms with E-state index in [1.807, 2.05) is 6.92 Å². The van der Waals surface area contributed by atoms with Gasteiger partial charge in [-0.05, 0) is 93.1 Å². The Morgan fingerprint density at radius 3 is 2.50 bits per heavy atom. The van der Waals surface area contributed by atoms with Crippen LogP contribution in [0, 0.1) is 33.5 Å². The first kappa shape index (κ1) is 21.6. The zero-order chi connectivity index (χ0) is 22.8. The van der Waals surface area contributed by atoms with Gasteiger partial charge in [-0.1, -0.05) is 20.3 Å². The van der Waals surface area contributed by atoms with Gasteiger partial charge in [0.1, 0.15) is 0 Å². The summed E-state index contributed by atoms with van der Waals surface area (Å²) < 4.78 is 0. The molecule has 172 valence electrons. The molecular formula is C26H35N3O3. The summed E-state index contributed by atoms with van der Waals surface area (Å²) in [6.45, 7) is 6.71. The second-order valence-electron chi connectivity index (χ2n) is 11.8. The Hall–Kier alpha value is -2.24. The van der Waals surface area contributed by atoms with E-state index < -0.39 is 11.4 Å². The number of nitrogens with one attached hydrogen (secondary N) is 1. The van der Waals surface area contributed by atoms with Gasteiger partial charge in [0.2, 0.25) is 0 Å². The predicted octanol–water partition coefficient (Wildman–Crippen LogP) is 5.06. The fraction of sp³-hybridized carbons (Fsp3) is 0.692. The Balaban J connectivity index is 1.42. The Bertz CT molecular complexity index is 978. The van der Waals surface area contributed by atoms with E-state index in [0.29, 0.717) is 11.5 Å². The third-order valence-electron chi connectivity index (χ3n) is 10.1. The SMILES string of the molecule is C[C@@]12CCC3[C@@](CCC4[C@@]3(C)CCC[C@@]4(C)C(=O)O)(CC1=NNC(=O)c1ccncc1)C2. The zero-order valence-electron chi connectivity index (χ0n) is 19.5. The molecule has 1 amide bonds. The van der Waals surface area contributed by atoms with Gasteiger partial charge in [-0.15, -0.1) is 0 Å². The molecule has 4 saturated carbocycles. The molecule has 6 heteroatoms. The van der Waals surface area contributed by atoms with E-state index in [-0.39, 0.29) is 28.1 Å². The van der Waals surface area contributed by atoms with Crippen molar-refractivity contribution in [3.05, 3.63) is 30.1 Å². The smallest absolute Gasteiger partial charge is 0.309 e. The first-order valence-corrected chi connectivity index (χ1v) is 12.1. The van der Waals surface area contributed by atoms with Gasteiger partial charge in [0.25, 0.3) is 5.91 Å². The van der Waals surface area contributed by atoms with Crippen LogP contribution < -0.4 is 5.43 Å². The van der Waals surface area contributed by atoms with Gasteiger partial charge in [-0.25, -0.2) is 5.43 Å². The normalized spacial score (nSPS) is 43.9. The van der Waals surface area contributed by atoms with Crippen LogP contribution in [0.2, 0.25) is 0 Å². The molecule has 2 bridgehead atoms. The first-order valence-electron chi connectivity index (χ1n) is 12.1. The summed E-state index contributed by atoms with van der Waals surface area (Å²) in [4.78, 5) is 28.8. The number of fused-ring (bicyclic) bond motifs is 3. The molecule has 5 rings (SSSR count). The van der Waals surface area contributed by atoms with Crippen LogP contribution in [-0.2, 0) is 4.79 Å². The Morgan fingerprint density at radius 2 is 1.78 bits per heavy atom. The Labute approximate surface area is 190 Å². The van der Waals surface area contributed by atoms with Crippen molar-refractivity contribution in [2.75, 3.05) is 0 Å². The van der Waals surface area contributed by atoms with Gasteiger partial charge in [0.05, 0.1) is 5.41 Å². The largest absolute Gasteiger partial charge is 0.481 e. The molecule has 6 atom stereocenters. The van der Waals surface area contributed by atoms with Crippen molar-refractivity contribution >= 4 is 17.6 Å². The van der Waals surface area contributed by atoms with Crippen LogP contribution in [0.3, 0.4) is 0 Å². The standard InChI is InChI=1S/C26H35N3O3/c1-23-11-5-19-24(2)9-4-10-25(3,22(31)32)18(24)6-12-26(19,16-23)15-20(23)28-29-21(30)17-7-13-27-14-8-17/h7-8,13-14,18-19H,4-6,9-12,15-16H2,1-3H3,(H,29,30)(H,31,32)/t18?,19?,23-,24+,25+,26-/m0/s1. The first-order chi connectivity index (χ1) is 15.1. The van der Waals surface area contributed by atoms with Crippen molar-refractivity contribution < 1.29 is 14.7 Å². The number of hydrazone groups is 1. The van der Waals surface area contributed by atoms with E-state index in [9.17, 15) is 14.7 Å². The van der Waals surface area contributed by atoms with E-state index in [1.54, 1.807) is 24.5 Å². The molecular weight excluding hydrogens is 402 g/mol. The van der Waals surface area contributed by atoms with E-state index >= 15 is 0 Å². The molecule has 1 heterocycles. The molecule has 32 heavy (non-hydrogen) atoms. The summed E-state index contributed by atoms with van der Waals surface area (Å²) in [6, 6.07) is 3.40. The summed E-state index contributed by atoms with van der Waals surface area (Å²) in [5.41, 5.74) is 4.17. The number of hydrogen-bond donors (Lipinski definition) is 2. The highest BCUT2D eigenvalue weighted by Gasteiger charge is 2.67. The molecule has 4 aliphatic rings. The lowest BCUT2D eigenvalue weighted by molar-refractivity contribution is -0.182. The molecule has 1 aromatic heterocycles. The number of amides is 1. The monoisotopic (exact) mass is 437 g/mol. The number of carboxylic acids is 1. The highest BCUT2D eigenvalue weighted by Crippen LogP contribution is 2.73. The lowest BCUT2D eigenvalue weighted by Gasteiger charge is -2.63. The van der Waals surface area contributed by atoms with Crippen molar-refractivity contribution in [2.24, 2.45) is 38.6 Å². The summed E-state index contributed by atoms with van der Waals surface area (Å²) in [5.74, 6) is -0.0327. The van der Waals surface area contributed by atoms with Crippen molar-refractivity contribution in [1.29, 1.82) is 0 Å². The topological polar surface area (TPSA) is 91.6 Å². The van der Waals surface area contributed by atoms with Crippen LogP contribution in [0.25, 0.3) is 0 Å². The molecule has 1 aromatic rings. The van der Waals surface area contributed by atoms with E-state index in [4.69, 9.17) is 0 Å². The molecule has 2 N–H and O–H groups in total. The van der Waals surface area contributed by atoms with Gasteiger partial charge >= 0.3 is 5.97 Å². The number of rotatable bonds is 3. The van der Waals surface area contributed by atoms with Gasteiger partial charge < -0.3 is 5.11 Å². The molecule has 0 saturated heterocycles. The maximum atomic E-state index is 12.6. The number of carbonyl (C=O) groups excluding carboxylic acids is 1. The zero-order valence-corrected chi connectivity index (χ0v) is 19.5. The maximum absolute atomic E-state index is 12.6. The van der Waals surface area contributed by atoms with Gasteiger partial charge in [0, 0.05) is 29.1 Å². The average Bonchev–Trinajstić information content (AvgIpc) is 2.96. The summed E-state index contributed by atoms with van der Waals surface area (Å²) in [5, 5.41) is 14.8. The second kappa shape index (κ2) is 7.13. The molecule has 2 unspecified atom stereocenters. The minimum absolute atomic E-state index is 0.0238. The van der Waals surface area contributed by atoms with Crippen LogP contribution >= 0.6 is 0 Å². The van der Waals surface area contributed by atoms with Crippen LogP contribution in [0.1, 0.15) is 88.9 Å². The minimum Gasteiger partial charge on any atom is -0.481 e. The number of pyridine rings is 1. The van der Waals surface area contributed by atoms with E-state index in [1.165, 1.54) is 0 Å². The number of nitrogens with zero attached hydrogens (tertiary/aromatic N) is 2. The highest BCUT2D eigenvalue weighted by molar-refractivity contribution is 5.97. The Kier molecular flexibility index (Phi) is 4.81. The number of carboxylic acid groups (broad SMARTS) is 1. The number of hydrogen-bond acceptors (Lipinski definition) is 4. The van der Waals surface area contributed by atoms with Crippen molar-refractivity contribution in [1.82, 2.24) is 10.4 Å². The van der Waals surface area contributed by atoms with Crippen LogP contribution in [-0.4, -0.2) is 27.7 Å². The molecule has 4 fully saturated rings. The van der Waals surface area contributed by atoms with Crippen LogP contribution in [0.4, 0.5) is 0 Å². The summed E-state index contributed by atoms with van der Waals surface area (Å²) >= 11 is 0. The number of carbonyl (C=O) groups is 2. The fourth-order valence-corrected chi connectivity index (χ4v) is 8.64. The number of aromatic nitrogens is 1. The van der Waals surface area contributed by atoms with E-state index in [0.717, 1.165) is 63.5 Å². The highest BCUT2D eigenvalue weighted by atomic mass is 16.4. The minimum atomic E-state index is -0.613. The fourth-order valence-electron chi connectivity index (χ4n) is 8.64. The Morgan fingerprint density at radius 1 is 1.06 bits per heavy atom. The molecule has 6 nitrogen and oxygen atoms in total. The molecule has 0 aromatic carbocycles. The van der Waals surface area contributed by atoms with Crippen molar-refractivity contribution in [2.45, 2.75) is 78.6 Å². The molecule has 4 aliphatic carbocycles. The van der Waals surface area contributed by atoms with Crippen LogP contribution in [0.5, 0.6) is 0 Å².